The van der Waals surface area contributed by atoms with E-state index < -0.39 is 5.97 Å². The Morgan fingerprint density at radius 3 is 2.79 bits per heavy atom. The van der Waals surface area contributed by atoms with Crippen LogP contribution in [0.2, 0.25) is 0 Å². The summed E-state index contributed by atoms with van der Waals surface area (Å²) in [6, 6.07) is 3.47. The van der Waals surface area contributed by atoms with Gasteiger partial charge >= 0.3 is 5.97 Å². The molecule has 0 amide bonds. The van der Waals surface area contributed by atoms with Crippen LogP contribution in [0.3, 0.4) is 0 Å². The third-order valence-electron chi connectivity index (χ3n) is 3.46. The van der Waals surface area contributed by atoms with E-state index in [0.717, 1.165) is 31.1 Å². The van der Waals surface area contributed by atoms with Gasteiger partial charge in [0.1, 0.15) is 5.82 Å². The smallest absolute Gasteiger partial charge is 0.337 e. The van der Waals surface area contributed by atoms with E-state index in [1.54, 1.807) is 13.0 Å². The molecule has 1 fully saturated rings. The SMILES string of the molecule is Cc1nc(N2CCSC(C)(C)CC2)ccc1C(=O)O. The molecule has 2 rings (SSSR count). The van der Waals surface area contributed by atoms with Gasteiger partial charge in [0.05, 0.1) is 11.3 Å². The topological polar surface area (TPSA) is 53.4 Å². The number of aryl methyl sites for hydroxylation is 1. The van der Waals surface area contributed by atoms with Crippen LogP contribution < -0.4 is 4.90 Å². The van der Waals surface area contributed by atoms with E-state index in [-0.39, 0.29) is 5.56 Å². The molecule has 0 unspecified atom stereocenters. The molecule has 1 saturated heterocycles. The van der Waals surface area contributed by atoms with Gasteiger partial charge in [-0.3, -0.25) is 0 Å². The van der Waals surface area contributed by atoms with Crippen molar-refractivity contribution in [3.63, 3.8) is 0 Å². The number of hydrogen-bond acceptors (Lipinski definition) is 4. The minimum atomic E-state index is -0.913. The minimum Gasteiger partial charge on any atom is -0.478 e. The maximum absolute atomic E-state index is 11.0. The summed E-state index contributed by atoms with van der Waals surface area (Å²) < 4.78 is 0.310. The normalized spacial score (nSPS) is 19.0. The Hall–Kier alpha value is -1.23. The fourth-order valence-electron chi connectivity index (χ4n) is 2.20. The lowest BCUT2D eigenvalue weighted by atomic mass is 10.1. The van der Waals surface area contributed by atoms with Crippen molar-refractivity contribution in [3.8, 4) is 0 Å². The zero-order chi connectivity index (χ0) is 14.0. The maximum atomic E-state index is 11.0. The Labute approximate surface area is 118 Å². The number of aromatic nitrogens is 1. The van der Waals surface area contributed by atoms with Gasteiger partial charge in [0.2, 0.25) is 0 Å². The zero-order valence-corrected chi connectivity index (χ0v) is 12.5. The molecule has 2 heterocycles. The highest BCUT2D eigenvalue weighted by Gasteiger charge is 2.24. The van der Waals surface area contributed by atoms with Crippen LogP contribution in [0, 0.1) is 6.92 Å². The van der Waals surface area contributed by atoms with E-state index in [1.165, 1.54) is 0 Å². The summed E-state index contributed by atoms with van der Waals surface area (Å²) >= 11 is 1.99. The first-order valence-corrected chi connectivity index (χ1v) is 7.47. The molecule has 104 valence electrons. The first kappa shape index (κ1) is 14.2. The second-order valence-corrected chi connectivity index (χ2v) is 7.25. The molecular formula is C14H20N2O2S. The van der Waals surface area contributed by atoms with Crippen molar-refractivity contribution < 1.29 is 9.90 Å². The number of nitrogens with zero attached hydrogens (tertiary/aromatic N) is 2. The van der Waals surface area contributed by atoms with Crippen LogP contribution in [0.4, 0.5) is 5.82 Å². The van der Waals surface area contributed by atoms with Crippen molar-refractivity contribution in [1.29, 1.82) is 0 Å². The van der Waals surface area contributed by atoms with Gasteiger partial charge in [0, 0.05) is 23.6 Å². The molecule has 0 aromatic carbocycles. The van der Waals surface area contributed by atoms with Crippen LogP contribution in [0.25, 0.3) is 0 Å². The number of thioether (sulfide) groups is 1. The van der Waals surface area contributed by atoms with Crippen LogP contribution in [-0.2, 0) is 0 Å². The number of hydrogen-bond donors (Lipinski definition) is 1. The number of rotatable bonds is 2. The molecule has 0 radical (unpaired) electrons. The van der Waals surface area contributed by atoms with Crippen LogP contribution in [0.15, 0.2) is 12.1 Å². The highest BCUT2D eigenvalue weighted by Crippen LogP contribution is 2.32. The predicted octanol–water partition coefficient (Wildman–Crippen LogP) is 2.81. The lowest BCUT2D eigenvalue weighted by Crippen LogP contribution is -2.28. The summed E-state index contributed by atoms with van der Waals surface area (Å²) in [5.74, 6) is 1.05. The van der Waals surface area contributed by atoms with E-state index >= 15 is 0 Å². The molecule has 5 heteroatoms. The fourth-order valence-corrected chi connectivity index (χ4v) is 3.30. The molecule has 0 spiro atoms. The van der Waals surface area contributed by atoms with E-state index in [1.807, 2.05) is 17.8 Å². The second kappa shape index (κ2) is 5.41. The van der Waals surface area contributed by atoms with Crippen LogP contribution in [0.5, 0.6) is 0 Å². The standard InChI is InChI=1S/C14H20N2O2S/c1-10-11(13(17)18)4-5-12(15-10)16-7-6-14(2,3)19-9-8-16/h4-5H,6-9H2,1-3H3,(H,17,18). The van der Waals surface area contributed by atoms with Gasteiger partial charge in [-0.05, 0) is 25.5 Å². The number of carbonyl (C=O) groups is 1. The van der Waals surface area contributed by atoms with E-state index in [0.29, 0.717) is 10.4 Å². The molecule has 1 N–H and O–H groups in total. The maximum Gasteiger partial charge on any atom is 0.337 e. The van der Waals surface area contributed by atoms with Crippen molar-refractivity contribution >= 4 is 23.5 Å². The summed E-state index contributed by atoms with van der Waals surface area (Å²) in [4.78, 5) is 17.7. The van der Waals surface area contributed by atoms with Crippen LogP contribution in [-0.4, -0.2) is 39.6 Å². The lowest BCUT2D eigenvalue weighted by Gasteiger charge is -2.23. The summed E-state index contributed by atoms with van der Waals surface area (Å²) in [5, 5.41) is 9.02. The molecule has 0 atom stereocenters. The van der Waals surface area contributed by atoms with Crippen molar-refractivity contribution in [2.75, 3.05) is 23.7 Å². The number of carboxylic acids is 1. The van der Waals surface area contributed by atoms with Crippen LogP contribution >= 0.6 is 11.8 Å². The average molecular weight is 280 g/mol. The molecule has 1 aliphatic rings. The highest BCUT2D eigenvalue weighted by molar-refractivity contribution is 8.00. The first-order valence-electron chi connectivity index (χ1n) is 6.49. The first-order chi connectivity index (χ1) is 8.89. The van der Waals surface area contributed by atoms with E-state index in [4.69, 9.17) is 5.11 Å². The van der Waals surface area contributed by atoms with E-state index in [2.05, 4.69) is 23.7 Å². The molecule has 4 nitrogen and oxygen atoms in total. The van der Waals surface area contributed by atoms with Gasteiger partial charge in [-0.1, -0.05) is 13.8 Å². The van der Waals surface area contributed by atoms with Gasteiger partial charge in [-0.15, -0.1) is 0 Å². The molecule has 1 aliphatic heterocycles. The Morgan fingerprint density at radius 2 is 2.16 bits per heavy atom. The highest BCUT2D eigenvalue weighted by atomic mass is 32.2. The van der Waals surface area contributed by atoms with Crippen molar-refractivity contribution in [2.45, 2.75) is 31.9 Å². The monoisotopic (exact) mass is 280 g/mol. The van der Waals surface area contributed by atoms with Crippen LogP contribution in [0.1, 0.15) is 36.3 Å². The second-order valence-electron chi connectivity index (χ2n) is 5.45. The third kappa shape index (κ3) is 3.41. The van der Waals surface area contributed by atoms with Gasteiger partial charge in [0.25, 0.3) is 0 Å². The lowest BCUT2D eigenvalue weighted by molar-refractivity contribution is 0.0695. The fraction of sp³-hybridized carbons (Fsp3) is 0.571. The molecular weight excluding hydrogens is 260 g/mol. The number of pyridine rings is 1. The number of anilines is 1. The average Bonchev–Trinajstić information content (AvgIpc) is 2.49. The van der Waals surface area contributed by atoms with Crippen molar-refractivity contribution in [3.05, 3.63) is 23.4 Å². The largest absolute Gasteiger partial charge is 0.478 e. The van der Waals surface area contributed by atoms with Crippen molar-refractivity contribution in [1.82, 2.24) is 4.98 Å². The summed E-state index contributed by atoms with van der Waals surface area (Å²) in [7, 11) is 0. The number of carboxylic acid groups (broad SMARTS) is 1. The Bertz CT molecular complexity index is 488. The third-order valence-corrected chi connectivity index (χ3v) is 4.84. The molecule has 0 aliphatic carbocycles. The Balaban J connectivity index is 2.18. The van der Waals surface area contributed by atoms with Gasteiger partial charge in [-0.2, -0.15) is 11.8 Å². The Kier molecular flexibility index (Phi) is 4.04. The zero-order valence-electron chi connectivity index (χ0n) is 11.6. The van der Waals surface area contributed by atoms with Gasteiger partial charge in [0.15, 0.2) is 0 Å². The molecule has 19 heavy (non-hydrogen) atoms. The Morgan fingerprint density at radius 1 is 1.42 bits per heavy atom. The predicted molar refractivity (Wildman–Crippen MR) is 79.3 cm³/mol. The molecule has 1 aromatic rings. The van der Waals surface area contributed by atoms with Crippen molar-refractivity contribution in [2.24, 2.45) is 0 Å². The van der Waals surface area contributed by atoms with E-state index in [9.17, 15) is 4.79 Å². The summed E-state index contributed by atoms with van der Waals surface area (Å²) in [6.07, 6.45) is 1.11. The molecule has 0 bridgehead atoms. The van der Waals surface area contributed by atoms with Gasteiger partial charge in [-0.25, -0.2) is 9.78 Å². The molecule has 1 aromatic heterocycles. The minimum absolute atomic E-state index is 0.285. The van der Waals surface area contributed by atoms with Gasteiger partial charge < -0.3 is 10.0 Å². The quantitative estimate of drug-likeness (QED) is 0.902. The number of aromatic carboxylic acids is 1. The molecule has 0 saturated carbocycles. The summed E-state index contributed by atoms with van der Waals surface area (Å²) in [6.45, 7) is 8.23. The summed E-state index contributed by atoms with van der Waals surface area (Å²) in [5.41, 5.74) is 0.870.